The van der Waals surface area contributed by atoms with Crippen LogP contribution in [0.4, 0.5) is 0 Å². The Labute approximate surface area is 126 Å². The molecule has 3 heteroatoms. The van der Waals surface area contributed by atoms with E-state index >= 15 is 0 Å². The molecule has 1 N–H and O–H groups in total. The molecule has 0 unspecified atom stereocenters. The van der Waals surface area contributed by atoms with Gasteiger partial charge in [-0.25, -0.2) is 4.79 Å². The molecule has 0 amide bonds. The van der Waals surface area contributed by atoms with Crippen LogP contribution in [0.5, 0.6) is 0 Å². The molecule has 0 aromatic carbocycles. The van der Waals surface area contributed by atoms with Gasteiger partial charge in [-0.15, -0.1) is 0 Å². The summed E-state index contributed by atoms with van der Waals surface area (Å²) >= 11 is 0. The third-order valence-corrected chi connectivity index (χ3v) is 4.18. The van der Waals surface area contributed by atoms with Crippen molar-refractivity contribution in [2.75, 3.05) is 26.2 Å². The fourth-order valence-corrected chi connectivity index (χ4v) is 2.95. The molecule has 0 saturated heterocycles. The maximum atomic E-state index is 11.3. The van der Waals surface area contributed by atoms with Crippen molar-refractivity contribution in [2.24, 2.45) is 0 Å². The van der Waals surface area contributed by atoms with E-state index in [-0.39, 0.29) is 0 Å². The lowest BCUT2D eigenvalue weighted by Crippen LogP contribution is -2.53. The maximum absolute atomic E-state index is 11.3. The molecule has 0 fully saturated rings. The summed E-state index contributed by atoms with van der Waals surface area (Å²) in [5, 5.41) is 9.30. The van der Waals surface area contributed by atoms with E-state index < -0.39 is 5.97 Å². The largest absolute Gasteiger partial charge is 0.477 e. The van der Waals surface area contributed by atoms with E-state index in [1.807, 2.05) is 0 Å². The molecular formula is C17H36NO2+. The molecule has 120 valence electrons. The van der Waals surface area contributed by atoms with Gasteiger partial charge in [0, 0.05) is 0 Å². The van der Waals surface area contributed by atoms with Gasteiger partial charge in [0.05, 0.1) is 19.6 Å². The second kappa shape index (κ2) is 12.2. The fraction of sp³-hybridized carbons (Fsp3) is 0.941. The first-order chi connectivity index (χ1) is 9.60. The van der Waals surface area contributed by atoms with Crippen molar-refractivity contribution >= 4 is 5.97 Å². The normalized spacial score (nSPS) is 11.8. The second-order valence-electron chi connectivity index (χ2n) is 6.19. The maximum Gasteiger partial charge on any atom is 0.359 e. The van der Waals surface area contributed by atoms with Gasteiger partial charge >= 0.3 is 5.97 Å². The Hall–Kier alpha value is -0.570. The molecule has 20 heavy (non-hydrogen) atoms. The number of carboxylic acid groups (broad SMARTS) is 1. The zero-order chi connectivity index (χ0) is 15.3. The Morgan fingerprint density at radius 3 is 1.35 bits per heavy atom. The quantitative estimate of drug-likeness (QED) is 0.378. The number of hydrogen-bond acceptors (Lipinski definition) is 1. The van der Waals surface area contributed by atoms with Gasteiger partial charge in [-0.2, -0.15) is 0 Å². The highest BCUT2D eigenvalue weighted by atomic mass is 16.4. The number of nitrogens with zero attached hydrogens (tertiary/aromatic N) is 1. The van der Waals surface area contributed by atoms with Crippen LogP contribution in [-0.2, 0) is 4.79 Å². The summed E-state index contributed by atoms with van der Waals surface area (Å²) in [5.74, 6) is -0.630. The molecule has 0 atom stereocenters. The Morgan fingerprint density at radius 1 is 0.750 bits per heavy atom. The van der Waals surface area contributed by atoms with Crippen molar-refractivity contribution in [3.05, 3.63) is 0 Å². The van der Waals surface area contributed by atoms with Crippen LogP contribution in [0.15, 0.2) is 0 Å². The Bertz CT molecular complexity index is 215. The number of carbonyl (C=O) groups is 1. The van der Waals surface area contributed by atoms with Crippen molar-refractivity contribution in [2.45, 2.75) is 78.6 Å². The minimum Gasteiger partial charge on any atom is -0.477 e. The molecule has 0 aliphatic rings. The number of rotatable bonds is 14. The molecule has 0 heterocycles. The molecule has 0 aromatic heterocycles. The molecule has 0 aromatic rings. The monoisotopic (exact) mass is 286 g/mol. The number of unbranched alkanes of at least 4 members (excludes halogenated alkanes) is 6. The summed E-state index contributed by atoms with van der Waals surface area (Å²) in [6.45, 7) is 10.1. The van der Waals surface area contributed by atoms with E-state index in [4.69, 9.17) is 0 Å². The number of hydrogen-bond donors (Lipinski definition) is 1. The Morgan fingerprint density at radius 2 is 1.10 bits per heavy atom. The van der Waals surface area contributed by atoms with Gasteiger partial charge in [-0.05, 0) is 38.5 Å². The van der Waals surface area contributed by atoms with Crippen molar-refractivity contribution in [1.82, 2.24) is 0 Å². The van der Waals surface area contributed by atoms with Crippen LogP contribution in [0, 0.1) is 0 Å². The highest BCUT2D eigenvalue weighted by Gasteiger charge is 2.28. The molecule has 0 radical (unpaired) electrons. The summed E-state index contributed by atoms with van der Waals surface area (Å²) in [6.07, 6.45) is 10.8. The summed E-state index contributed by atoms with van der Waals surface area (Å²) in [6, 6.07) is 0. The predicted octanol–water partition coefficient (Wildman–Crippen LogP) is 4.46. The molecule has 0 bridgehead atoms. The van der Waals surface area contributed by atoms with Crippen LogP contribution in [0.1, 0.15) is 78.6 Å². The number of quaternary nitrogens is 1. The van der Waals surface area contributed by atoms with Gasteiger partial charge in [0.1, 0.15) is 0 Å². The highest BCUT2D eigenvalue weighted by molar-refractivity contribution is 5.67. The van der Waals surface area contributed by atoms with Gasteiger partial charge in [-0.1, -0.05) is 40.0 Å². The first kappa shape index (κ1) is 19.4. The number of carboxylic acids is 1. The third kappa shape index (κ3) is 9.35. The van der Waals surface area contributed by atoms with Gasteiger partial charge < -0.3 is 9.59 Å². The summed E-state index contributed by atoms with van der Waals surface area (Å²) in [7, 11) is 0. The molecule has 0 rings (SSSR count). The lowest BCUT2D eigenvalue weighted by atomic mass is 10.1. The SMILES string of the molecule is CCCCC[N+](CCCCC)(CCCCC)CC(=O)O. The molecule has 0 aliphatic heterocycles. The summed E-state index contributed by atoms with van der Waals surface area (Å²) in [4.78, 5) is 11.3. The average molecular weight is 286 g/mol. The minimum atomic E-state index is -0.630. The van der Waals surface area contributed by atoms with Crippen LogP contribution < -0.4 is 0 Å². The molecular weight excluding hydrogens is 250 g/mol. The van der Waals surface area contributed by atoms with Crippen LogP contribution in [0.25, 0.3) is 0 Å². The Balaban J connectivity index is 4.61. The van der Waals surface area contributed by atoms with Crippen LogP contribution in [0.2, 0.25) is 0 Å². The van der Waals surface area contributed by atoms with Gasteiger partial charge in [-0.3, -0.25) is 0 Å². The van der Waals surface area contributed by atoms with Crippen molar-refractivity contribution < 1.29 is 14.4 Å². The zero-order valence-corrected chi connectivity index (χ0v) is 14.0. The van der Waals surface area contributed by atoms with Crippen LogP contribution in [0.3, 0.4) is 0 Å². The summed E-state index contributed by atoms with van der Waals surface area (Å²) in [5.41, 5.74) is 0. The average Bonchev–Trinajstić information content (AvgIpc) is 2.39. The van der Waals surface area contributed by atoms with Gasteiger partial charge in [0.15, 0.2) is 6.54 Å². The van der Waals surface area contributed by atoms with Crippen molar-refractivity contribution in [1.29, 1.82) is 0 Å². The zero-order valence-electron chi connectivity index (χ0n) is 14.0. The van der Waals surface area contributed by atoms with E-state index in [9.17, 15) is 9.90 Å². The van der Waals surface area contributed by atoms with Crippen molar-refractivity contribution in [3.8, 4) is 0 Å². The topological polar surface area (TPSA) is 37.3 Å². The van der Waals surface area contributed by atoms with Crippen LogP contribution >= 0.6 is 0 Å². The highest BCUT2D eigenvalue weighted by Crippen LogP contribution is 2.16. The van der Waals surface area contributed by atoms with E-state index in [0.717, 1.165) is 24.1 Å². The molecule has 0 spiro atoms. The van der Waals surface area contributed by atoms with Crippen molar-refractivity contribution in [3.63, 3.8) is 0 Å². The van der Waals surface area contributed by atoms with E-state index in [1.54, 1.807) is 0 Å². The molecule has 0 saturated carbocycles. The molecule has 3 nitrogen and oxygen atoms in total. The lowest BCUT2D eigenvalue weighted by Gasteiger charge is -2.38. The first-order valence-corrected chi connectivity index (χ1v) is 8.67. The van der Waals surface area contributed by atoms with Gasteiger partial charge in [0.25, 0.3) is 0 Å². The predicted molar refractivity (Wildman–Crippen MR) is 85.9 cm³/mol. The first-order valence-electron chi connectivity index (χ1n) is 8.67. The van der Waals surface area contributed by atoms with Crippen LogP contribution in [-0.4, -0.2) is 41.7 Å². The standard InChI is InChI=1S/C17H35NO2/c1-4-7-10-13-18(16-17(19)20,14-11-8-5-2)15-12-9-6-3/h4-16H2,1-3H3/p+1. The van der Waals surface area contributed by atoms with E-state index in [2.05, 4.69) is 20.8 Å². The van der Waals surface area contributed by atoms with E-state index in [1.165, 1.54) is 57.8 Å². The molecule has 0 aliphatic carbocycles. The second-order valence-corrected chi connectivity index (χ2v) is 6.19. The van der Waals surface area contributed by atoms with E-state index in [0.29, 0.717) is 6.54 Å². The third-order valence-electron chi connectivity index (χ3n) is 4.18. The van der Waals surface area contributed by atoms with Gasteiger partial charge in [0.2, 0.25) is 0 Å². The minimum absolute atomic E-state index is 0.317. The summed E-state index contributed by atoms with van der Waals surface area (Å²) < 4.78 is 0.815. The smallest absolute Gasteiger partial charge is 0.359 e. The number of aliphatic carboxylic acids is 1. The fourth-order valence-electron chi connectivity index (χ4n) is 2.95. The Kier molecular flexibility index (Phi) is 11.8. The lowest BCUT2D eigenvalue weighted by molar-refractivity contribution is -0.922.